The molecule has 0 N–H and O–H groups in total. The topological polar surface area (TPSA) is 51.9 Å². The molecule has 4 aromatic rings. The van der Waals surface area contributed by atoms with Crippen LogP contribution in [0.5, 0.6) is 11.5 Å². The molecule has 0 bridgehead atoms. The molecule has 0 fully saturated rings. The van der Waals surface area contributed by atoms with Crippen LogP contribution in [-0.2, 0) is 6.54 Å². The Balaban J connectivity index is 1.52. The van der Waals surface area contributed by atoms with Gasteiger partial charge in [0.1, 0.15) is 23.8 Å². The molecule has 0 saturated heterocycles. The van der Waals surface area contributed by atoms with Crippen molar-refractivity contribution in [2.45, 2.75) is 26.3 Å². The van der Waals surface area contributed by atoms with E-state index in [1.165, 1.54) is 5.56 Å². The maximum Gasteiger partial charge on any atom is 0.336 e. The van der Waals surface area contributed by atoms with Crippen LogP contribution in [0.15, 0.2) is 75.9 Å². The standard InChI is InChI=1S/C28H27NO4/c1-18(20-7-5-4-6-8-20)15-29-16-22-13-25-24(21-9-11-23(31-3)12-10-21)14-26(30)33-28(25)19(2)27(22)32-17-29/h4-14,18H,15-17H2,1-3H3. The minimum absolute atomic E-state index is 0.370. The number of hydrogen-bond donors (Lipinski definition) is 0. The zero-order chi connectivity index (χ0) is 22.9. The van der Waals surface area contributed by atoms with Crippen molar-refractivity contribution in [1.82, 2.24) is 4.90 Å². The normalized spacial score (nSPS) is 14.5. The summed E-state index contributed by atoms with van der Waals surface area (Å²) < 4.78 is 17.1. The zero-order valence-electron chi connectivity index (χ0n) is 19.1. The van der Waals surface area contributed by atoms with Crippen LogP contribution in [0.3, 0.4) is 0 Å². The van der Waals surface area contributed by atoms with E-state index in [0.29, 0.717) is 18.2 Å². The molecule has 168 valence electrons. The fourth-order valence-corrected chi connectivity index (χ4v) is 4.67. The van der Waals surface area contributed by atoms with E-state index in [-0.39, 0.29) is 5.63 Å². The number of hydrogen-bond acceptors (Lipinski definition) is 5. The SMILES string of the molecule is COc1ccc(-c2cc(=O)oc3c(C)c4c(cc23)CN(CC(C)c2ccccc2)CO4)cc1. The average molecular weight is 442 g/mol. The number of ether oxygens (including phenoxy) is 2. The van der Waals surface area contributed by atoms with Gasteiger partial charge < -0.3 is 13.9 Å². The highest BCUT2D eigenvalue weighted by atomic mass is 16.5. The molecule has 0 saturated carbocycles. The molecule has 3 aromatic carbocycles. The lowest BCUT2D eigenvalue weighted by molar-refractivity contribution is 0.0900. The molecule has 5 nitrogen and oxygen atoms in total. The van der Waals surface area contributed by atoms with E-state index >= 15 is 0 Å². The molecule has 1 aliphatic heterocycles. The van der Waals surface area contributed by atoms with Crippen LogP contribution in [0.4, 0.5) is 0 Å². The van der Waals surface area contributed by atoms with E-state index < -0.39 is 0 Å². The van der Waals surface area contributed by atoms with Gasteiger partial charge in [-0.3, -0.25) is 4.90 Å². The summed E-state index contributed by atoms with van der Waals surface area (Å²) in [6, 6.07) is 22.0. The minimum Gasteiger partial charge on any atom is -0.497 e. The van der Waals surface area contributed by atoms with E-state index in [1.807, 2.05) is 37.3 Å². The zero-order valence-corrected chi connectivity index (χ0v) is 19.1. The van der Waals surface area contributed by atoms with Crippen LogP contribution < -0.4 is 15.1 Å². The lowest BCUT2D eigenvalue weighted by atomic mass is 9.96. The van der Waals surface area contributed by atoms with Crippen LogP contribution >= 0.6 is 0 Å². The highest BCUT2D eigenvalue weighted by molar-refractivity contribution is 5.96. The number of nitrogens with zero attached hydrogens (tertiary/aromatic N) is 1. The first-order chi connectivity index (χ1) is 16.0. The highest BCUT2D eigenvalue weighted by Crippen LogP contribution is 2.38. The van der Waals surface area contributed by atoms with Gasteiger partial charge in [-0.1, -0.05) is 49.4 Å². The smallest absolute Gasteiger partial charge is 0.336 e. The van der Waals surface area contributed by atoms with Gasteiger partial charge >= 0.3 is 5.63 Å². The maximum atomic E-state index is 12.4. The van der Waals surface area contributed by atoms with E-state index in [9.17, 15) is 4.79 Å². The summed E-state index contributed by atoms with van der Waals surface area (Å²) >= 11 is 0. The van der Waals surface area contributed by atoms with Crippen molar-refractivity contribution in [1.29, 1.82) is 0 Å². The molecular formula is C28H27NO4. The molecule has 1 unspecified atom stereocenters. The molecule has 1 aromatic heterocycles. The number of aryl methyl sites for hydroxylation is 1. The first-order valence-corrected chi connectivity index (χ1v) is 11.2. The van der Waals surface area contributed by atoms with Crippen molar-refractivity contribution >= 4 is 11.0 Å². The monoisotopic (exact) mass is 441 g/mol. The summed E-state index contributed by atoms with van der Waals surface area (Å²) in [5.41, 5.74) is 5.30. The van der Waals surface area contributed by atoms with Crippen LogP contribution in [-0.4, -0.2) is 25.3 Å². The Morgan fingerprint density at radius 1 is 1.06 bits per heavy atom. The molecular weight excluding hydrogens is 414 g/mol. The van der Waals surface area contributed by atoms with E-state index in [4.69, 9.17) is 13.9 Å². The molecule has 1 aliphatic rings. The van der Waals surface area contributed by atoms with Gasteiger partial charge in [-0.2, -0.15) is 0 Å². The van der Waals surface area contributed by atoms with Crippen molar-refractivity contribution in [3.63, 3.8) is 0 Å². The van der Waals surface area contributed by atoms with Crippen LogP contribution in [0.2, 0.25) is 0 Å². The molecule has 2 heterocycles. The van der Waals surface area contributed by atoms with Gasteiger partial charge in [-0.25, -0.2) is 4.79 Å². The van der Waals surface area contributed by atoms with Gasteiger partial charge in [0.2, 0.25) is 0 Å². The van der Waals surface area contributed by atoms with E-state index in [0.717, 1.165) is 52.2 Å². The van der Waals surface area contributed by atoms with Crippen molar-refractivity contribution in [2.75, 3.05) is 20.4 Å². The Bertz CT molecular complexity index is 1340. The number of fused-ring (bicyclic) bond motifs is 2. The van der Waals surface area contributed by atoms with Crippen molar-refractivity contribution < 1.29 is 13.9 Å². The Labute approximate surface area is 193 Å². The number of methoxy groups -OCH3 is 1. The fourth-order valence-electron chi connectivity index (χ4n) is 4.67. The minimum atomic E-state index is -0.370. The molecule has 1 atom stereocenters. The van der Waals surface area contributed by atoms with E-state index in [1.54, 1.807) is 13.2 Å². The van der Waals surface area contributed by atoms with E-state index in [2.05, 4.69) is 42.2 Å². The molecule has 0 amide bonds. The molecule has 5 rings (SSSR count). The first-order valence-electron chi connectivity index (χ1n) is 11.2. The third kappa shape index (κ3) is 4.12. The summed E-state index contributed by atoms with van der Waals surface area (Å²) in [4.78, 5) is 14.7. The van der Waals surface area contributed by atoms with Crippen LogP contribution in [0.1, 0.15) is 29.5 Å². The molecule has 33 heavy (non-hydrogen) atoms. The van der Waals surface area contributed by atoms with Crippen LogP contribution in [0, 0.1) is 6.92 Å². The summed E-state index contributed by atoms with van der Waals surface area (Å²) in [7, 11) is 1.64. The number of benzene rings is 3. The highest BCUT2D eigenvalue weighted by Gasteiger charge is 2.24. The van der Waals surface area contributed by atoms with Crippen LogP contribution in [0.25, 0.3) is 22.1 Å². The van der Waals surface area contributed by atoms with Gasteiger partial charge in [-0.15, -0.1) is 0 Å². The molecule has 0 aliphatic carbocycles. The Morgan fingerprint density at radius 2 is 1.82 bits per heavy atom. The van der Waals surface area contributed by atoms with Gasteiger partial charge in [0.05, 0.1) is 7.11 Å². The second kappa shape index (κ2) is 8.75. The predicted octanol–water partition coefficient (Wildman–Crippen LogP) is 5.73. The Morgan fingerprint density at radius 3 is 2.55 bits per heavy atom. The lowest BCUT2D eigenvalue weighted by Crippen LogP contribution is -2.35. The molecule has 0 spiro atoms. The van der Waals surface area contributed by atoms with Crippen molar-refractivity contribution in [3.8, 4) is 22.6 Å². The second-order valence-corrected chi connectivity index (χ2v) is 8.67. The van der Waals surface area contributed by atoms with Crippen molar-refractivity contribution in [2.24, 2.45) is 0 Å². The third-order valence-corrected chi connectivity index (χ3v) is 6.38. The van der Waals surface area contributed by atoms with Crippen molar-refractivity contribution in [3.05, 3.63) is 93.8 Å². The Hall–Kier alpha value is -3.57. The molecule has 0 radical (unpaired) electrons. The van der Waals surface area contributed by atoms with Gasteiger partial charge in [-0.05, 0) is 47.7 Å². The average Bonchev–Trinajstić information content (AvgIpc) is 2.85. The quantitative estimate of drug-likeness (QED) is 0.370. The third-order valence-electron chi connectivity index (χ3n) is 6.38. The van der Waals surface area contributed by atoms with Gasteiger partial charge in [0.25, 0.3) is 0 Å². The Kier molecular flexibility index (Phi) is 5.65. The maximum absolute atomic E-state index is 12.4. The summed E-state index contributed by atoms with van der Waals surface area (Å²) in [6.45, 7) is 6.40. The summed E-state index contributed by atoms with van der Waals surface area (Å²) in [5, 5.41) is 0.914. The van der Waals surface area contributed by atoms with Gasteiger partial charge in [0.15, 0.2) is 0 Å². The first kappa shape index (κ1) is 21.3. The second-order valence-electron chi connectivity index (χ2n) is 8.67. The predicted molar refractivity (Wildman–Crippen MR) is 130 cm³/mol. The lowest BCUT2D eigenvalue weighted by Gasteiger charge is -2.32. The summed E-state index contributed by atoms with van der Waals surface area (Å²) in [6.07, 6.45) is 0. The number of rotatable bonds is 5. The summed E-state index contributed by atoms with van der Waals surface area (Å²) in [5.74, 6) is 1.99. The molecule has 5 heteroatoms. The fraction of sp³-hybridized carbons (Fsp3) is 0.250. The van der Waals surface area contributed by atoms with Gasteiger partial charge in [0, 0.05) is 35.7 Å². The largest absolute Gasteiger partial charge is 0.497 e.